The van der Waals surface area contributed by atoms with E-state index in [4.69, 9.17) is 9.97 Å². The summed E-state index contributed by atoms with van der Waals surface area (Å²) < 4.78 is 0. The average molecular weight is 579 g/mol. The maximum absolute atomic E-state index is 5.15. The lowest BCUT2D eigenvalue weighted by Gasteiger charge is -2.15. The molecule has 216 valence electrons. The molecule has 1 aromatic heterocycles. The standard InChI is InChI=1S/C43H34N2/c1-3-40-41(32-14-6-4-7-15-32)44-43(45-42(40)33-16-8-5-9-17-33)34-25-23-31(24-26-34)36-19-11-21-38(28-36)39-22-12-20-37(29-39)35-18-10-13-30(2)27-35/h4-29H,3H2,1-2H3. The summed E-state index contributed by atoms with van der Waals surface area (Å²) in [5.41, 5.74) is 14.8. The van der Waals surface area contributed by atoms with Crippen molar-refractivity contribution in [2.45, 2.75) is 20.3 Å². The first kappa shape index (κ1) is 28.2. The number of benzene rings is 6. The van der Waals surface area contributed by atoms with Gasteiger partial charge in [0.05, 0.1) is 11.4 Å². The van der Waals surface area contributed by atoms with Crippen LogP contribution in [-0.4, -0.2) is 9.97 Å². The minimum atomic E-state index is 0.734. The van der Waals surface area contributed by atoms with Gasteiger partial charge in [-0.3, -0.25) is 0 Å². The van der Waals surface area contributed by atoms with Crippen molar-refractivity contribution >= 4 is 0 Å². The van der Waals surface area contributed by atoms with Gasteiger partial charge >= 0.3 is 0 Å². The normalized spacial score (nSPS) is 11.0. The predicted octanol–water partition coefficient (Wildman–Crippen LogP) is 11.3. The topological polar surface area (TPSA) is 25.8 Å². The summed E-state index contributed by atoms with van der Waals surface area (Å²) in [5, 5.41) is 0. The molecule has 0 aliphatic rings. The first-order chi connectivity index (χ1) is 22.2. The number of aryl methyl sites for hydroxylation is 1. The molecule has 0 spiro atoms. The zero-order chi connectivity index (χ0) is 30.6. The molecule has 0 N–H and O–H groups in total. The van der Waals surface area contributed by atoms with Gasteiger partial charge in [-0.1, -0.05) is 158 Å². The predicted molar refractivity (Wildman–Crippen MR) is 189 cm³/mol. The minimum absolute atomic E-state index is 0.734. The van der Waals surface area contributed by atoms with Crippen LogP contribution in [0.5, 0.6) is 0 Å². The number of hydrogen-bond acceptors (Lipinski definition) is 2. The third-order valence-electron chi connectivity index (χ3n) is 8.34. The highest BCUT2D eigenvalue weighted by atomic mass is 14.9. The monoisotopic (exact) mass is 578 g/mol. The average Bonchev–Trinajstić information content (AvgIpc) is 3.12. The molecule has 7 rings (SSSR count). The van der Waals surface area contributed by atoms with Gasteiger partial charge in [-0.05, 0) is 58.9 Å². The van der Waals surface area contributed by atoms with Crippen molar-refractivity contribution in [3.05, 3.63) is 169 Å². The van der Waals surface area contributed by atoms with Crippen molar-refractivity contribution in [2.75, 3.05) is 0 Å². The highest BCUT2D eigenvalue weighted by molar-refractivity contribution is 5.79. The van der Waals surface area contributed by atoms with Crippen molar-refractivity contribution in [3.8, 4) is 67.3 Å². The van der Waals surface area contributed by atoms with E-state index < -0.39 is 0 Å². The molecule has 0 aliphatic heterocycles. The quantitative estimate of drug-likeness (QED) is 0.188. The van der Waals surface area contributed by atoms with E-state index in [1.165, 1.54) is 33.4 Å². The third kappa shape index (κ3) is 5.96. The van der Waals surface area contributed by atoms with E-state index in [0.29, 0.717) is 0 Å². The Labute approximate surface area is 265 Å². The Bertz CT molecular complexity index is 2020. The van der Waals surface area contributed by atoms with Crippen LogP contribution in [0.2, 0.25) is 0 Å². The minimum Gasteiger partial charge on any atom is -0.228 e. The summed E-state index contributed by atoms with van der Waals surface area (Å²) in [6.07, 6.45) is 0.845. The van der Waals surface area contributed by atoms with Gasteiger partial charge in [0, 0.05) is 22.3 Å². The Morgan fingerprint density at radius 1 is 0.378 bits per heavy atom. The second-order valence-corrected chi connectivity index (χ2v) is 11.4. The SMILES string of the molecule is CCc1c(-c2ccccc2)nc(-c2ccc(-c3cccc(-c4cccc(-c5cccc(C)c5)c4)c3)cc2)nc1-c1ccccc1. The van der Waals surface area contributed by atoms with Gasteiger partial charge in [-0.2, -0.15) is 0 Å². The molecular formula is C43H34N2. The molecule has 0 radical (unpaired) electrons. The van der Waals surface area contributed by atoms with E-state index in [0.717, 1.165) is 51.5 Å². The Hall–Kier alpha value is -5.60. The van der Waals surface area contributed by atoms with Gasteiger partial charge in [0.25, 0.3) is 0 Å². The summed E-state index contributed by atoms with van der Waals surface area (Å²) in [6, 6.07) is 55.8. The maximum atomic E-state index is 5.15. The largest absolute Gasteiger partial charge is 0.228 e. The van der Waals surface area contributed by atoms with Crippen LogP contribution in [0.3, 0.4) is 0 Å². The van der Waals surface area contributed by atoms with Crippen LogP contribution in [0, 0.1) is 6.92 Å². The molecule has 0 aliphatic carbocycles. The lowest BCUT2D eigenvalue weighted by Crippen LogP contribution is -2.02. The van der Waals surface area contributed by atoms with Crippen LogP contribution < -0.4 is 0 Å². The smallest absolute Gasteiger partial charge is 0.160 e. The second-order valence-electron chi connectivity index (χ2n) is 11.4. The Morgan fingerprint density at radius 3 is 1.24 bits per heavy atom. The molecule has 0 fully saturated rings. The van der Waals surface area contributed by atoms with Crippen molar-refractivity contribution in [1.82, 2.24) is 9.97 Å². The lowest BCUT2D eigenvalue weighted by molar-refractivity contribution is 1.06. The molecule has 1 heterocycles. The highest BCUT2D eigenvalue weighted by Crippen LogP contribution is 2.34. The molecule has 0 amide bonds. The van der Waals surface area contributed by atoms with Gasteiger partial charge in [0.15, 0.2) is 5.82 Å². The fraction of sp³-hybridized carbons (Fsp3) is 0.0698. The summed E-state index contributed by atoms with van der Waals surface area (Å²) >= 11 is 0. The molecule has 0 bridgehead atoms. The summed E-state index contributed by atoms with van der Waals surface area (Å²) in [5.74, 6) is 0.734. The number of aromatic nitrogens is 2. The van der Waals surface area contributed by atoms with E-state index in [-0.39, 0.29) is 0 Å². The molecule has 2 nitrogen and oxygen atoms in total. The van der Waals surface area contributed by atoms with Crippen molar-refractivity contribution in [3.63, 3.8) is 0 Å². The zero-order valence-corrected chi connectivity index (χ0v) is 25.6. The molecule has 6 aromatic carbocycles. The Balaban J connectivity index is 1.25. The first-order valence-electron chi connectivity index (χ1n) is 15.6. The van der Waals surface area contributed by atoms with Crippen molar-refractivity contribution in [2.24, 2.45) is 0 Å². The maximum Gasteiger partial charge on any atom is 0.160 e. The van der Waals surface area contributed by atoms with Crippen LogP contribution in [0.4, 0.5) is 0 Å². The summed E-state index contributed by atoms with van der Waals surface area (Å²) in [4.78, 5) is 10.3. The third-order valence-corrected chi connectivity index (χ3v) is 8.34. The molecular weight excluding hydrogens is 544 g/mol. The van der Waals surface area contributed by atoms with Crippen LogP contribution in [0.15, 0.2) is 158 Å². The van der Waals surface area contributed by atoms with Crippen LogP contribution in [0.25, 0.3) is 67.3 Å². The summed E-state index contributed by atoms with van der Waals surface area (Å²) in [7, 11) is 0. The van der Waals surface area contributed by atoms with Crippen LogP contribution in [0.1, 0.15) is 18.1 Å². The van der Waals surface area contributed by atoms with E-state index >= 15 is 0 Å². The highest BCUT2D eigenvalue weighted by Gasteiger charge is 2.17. The number of nitrogens with zero attached hydrogens (tertiary/aromatic N) is 2. The van der Waals surface area contributed by atoms with Crippen molar-refractivity contribution < 1.29 is 0 Å². The van der Waals surface area contributed by atoms with Crippen molar-refractivity contribution in [1.29, 1.82) is 0 Å². The Morgan fingerprint density at radius 2 is 0.778 bits per heavy atom. The van der Waals surface area contributed by atoms with Gasteiger partial charge in [0.1, 0.15) is 0 Å². The Kier molecular flexibility index (Phi) is 7.87. The molecule has 0 saturated carbocycles. The molecule has 0 unspecified atom stereocenters. The molecule has 2 heteroatoms. The second kappa shape index (κ2) is 12.6. The lowest BCUT2D eigenvalue weighted by atomic mass is 9.95. The van der Waals surface area contributed by atoms with Gasteiger partial charge in [0.2, 0.25) is 0 Å². The van der Waals surface area contributed by atoms with E-state index in [1.807, 2.05) is 12.1 Å². The van der Waals surface area contributed by atoms with E-state index in [9.17, 15) is 0 Å². The fourth-order valence-electron chi connectivity index (χ4n) is 6.01. The van der Waals surface area contributed by atoms with Gasteiger partial charge in [-0.15, -0.1) is 0 Å². The van der Waals surface area contributed by atoms with E-state index in [1.54, 1.807) is 0 Å². The van der Waals surface area contributed by atoms with Crippen LogP contribution >= 0.6 is 0 Å². The number of hydrogen-bond donors (Lipinski definition) is 0. The molecule has 0 saturated heterocycles. The molecule has 0 atom stereocenters. The molecule has 7 aromatic rings. The fourth-order valence-corrected chi connectivity index (χ4v) is 6.01. The van der Waals surface area contributed by atoms with Gasteiger partial charge in [-0.25, -0.2) is 9.97 Å². The number of rotatable bonds is 7. The summed E-state index contributed by atoms with van der Waals surface area (Å²) in [6.45, 7) is 4.32. The van der Waals surface area contributed by atoms with E-state index in [2.05, 4.69) is 159 Å². The molecule has 45 heavy (non-hydrogen) atoms. The van der Waals surface area contributed by atoms with Gasteiger partial charge < -0.3 is 0 Å². The zero-order valence-electron chi connectivity index (χ0n) is 25.6. The van der Waals surface area contributed by atoms with Crippen LogP contribution in [-0.2, 0) is 6.42 Å². The first-order valence-corrected chi connectivity index (χ1v) is 15.6.